The van der Waals surface area contributed by atoms with E-state index >= 15 is 0 Å². The zero-order valence-electron chi connectivity index (χ0n) is 13.0. The molecule has 1 aromatic rings. The minimum Gasteiger partial charge on any atom is -0.480 e. The van der Waals surface area contributed by atoms with Gasteiger partial charge in [-0.15, -0.1) is 0 Å². The number of carboxylic acid groups (broad SMARTS) is 2. The fourth-order valence-electron chi connectivity index (χ4n) is 1.62. The largest absolute Gasteiger partial charge is 0.480 e. The summed E-state index contributed by atoms with van der Waals surface area (Å²) in [6.45, 7) is -1.80. The normalized spacial score (nSPS) is 12.7. The molecule has 0 bridgehead atoms. The summed E-state index contributed by atoms with van der Waals surface area (Å²) in [7, 11) is 0. The summed E-state index contributed by atoms with van der Waals surface area (Å²) in [5, 5.41) is 39.1. The van der Waals surface area contributed by atoms with Crippen molar-refractivity contribution in [1.82, 2.24) is 20.6 Å². The molecule has 0 aliphatic heterocycles. The van der Waals surface area contributed by atoms with Crippen molar-refractivity contribution >= 4 is 35.4 Å². The third-order valence-corrected chi connectivity index (χ3v) is 2.95. The van der Waals surface area contributed by atoms with E-state index in [1.165, 1.54) is 0 Å². The van der Waals surface area contributed by atoms with Crippen LogP contribution in [0.4, 0.5) is 11.6 Å². The predicted octanol–water partition coefficient (Wildman–Crippen LogP) is -4.01. The predicted molar refractivity (Wildman–Crippen MR) is 82.8 cm³/mol. The fraction of sp³-hybridized carbons (Fsp3) is 0.333. The Morgan fingerprint density at radius 2 is 1.12 bits per heavy atom. The number of hydrogen-bond acceptors (Lipinski definition) is 10. The molecule has 2 atom stereocenters. The molecule has 1 rings (SSSR count). The molecular weight excluding hydrogens is 356 g/mol. The Morgan fingerprint density at radius 1 is 0.808 bits per heavy atom. The van der Waals surface area contributed by atoms with Crippen molar-refractivity contribution in [3.63, 3.8) is 0 Å². The number of aliphatic hydroxyl groups is 2. The second-order valence-electron chi connectivity index (χ2n) is 4.79. The molecule has 142 valence electrons. The van der Waals surface area contributed by atoms with Crippen LogP contribution in [-0.4, -0.2) is 79.4 Å². The van der Waals surface area contributed by atoms with Crippen LogP contribution in [0.5, 0.6) is 0 Å². The number of nitrogen functional groups attached to an aromatic ring is 2. The first-order chi connectivity index (χ1) is 12.1. The lowest BCUT2D eigenvalue weighted by Crippen LogP contribution is -2.45. The molecule has 0 radical (unpaired) electrons. The highest BCUT2D eigenvalue weighted by molar-refractivity contribution is 6.02. The van der Waals surface area contributed by atoms with E-state index in [0.29, 0.717) is 0 Å². The maximum Gasteiger partial charge on any atom is 0.328 e. The maximum absolute atomic E-state index is 12.0. The van der Waals surface area contributed by atoms with Gasteiger partial charge < -0.3 is 42.5 Å². The molecule has 0 saturated heterocycles. The Labute approximate surface area is 144 Å². The SMILES string of the molecule is Nc1nc(C(=O)N[C@@H](CO)C(=O)O)c(N)nc1C(=O)NC(CO)C(=O)O. The zero-order valence-corrected chi connectivity index (χ0v) is 13.0. The number of nitrogens with one attached hydrogen (secondary N) is 2. The van der Waals surface area contributed by atoms with E-state index in [-0.39, 0.29) is 0 Å². The van der Waals surface area contributed by atoms with Crippen LogP contribution < -0.4 is 22.1 Å². The number of aliphatic hydroxyl groups excluding tert-OH is 2. The minimum atomic E-state index is -1.63. The number of carbonyl (C=O) groups excluding carboxylic acids is 2. The highest BCUT2D eigenvalue weighted by Crippen LogP contribution is 2.13. The number of amides is 2. The Kier molecular flexibility index (Phi) is 6.74. The van der Waals surface area contributed by atoms with Crippen molar-refractivity contribution in [2.45, 2.75) is 12.1 Å². The number of carbonyl (C=O) groups is 4. The summed E-state index contributed by atoms with van der Waals surface area (Å²) in [5.41, 5.74) is 9.80. The maximum atomic E-state index is 12.0. The van der Waals surface area contributed by atoms with Crippen molar-refractivity contribution in [3.8, 4) is 0 Å². The molecule has 0 saturated carbocycles. The average molecular weight is 372 g/mol. The van der Waals surface area contributed by atoms with E-state index in [0.717, 1.165) is 0 Å². The lowest BCUT2D eigenvalue weighted by molar-refractivity contribution is -0.141. The van der Waals surface area contributed by atoms with Crippen LogP contribution in [0.2, 0.25) is 0 Å². The number of aliphatic carboxylic acids is 2. The van der Waals surface area contributed by atoms with Crippen LogP contribution >= 0.6 is 0 Å². The second kappa shape index (κ2) is 8.54. The summed E-state index contributed by atoms with van der Waals surface area (Å²) in [4.78, 5) is 52.6. The van der Waals surface area contributed by atoms with Gasteiger partial charge in [-0.2, -0.15) is 0 Å². The van der Waals surface area contributed by atoms with E-state index in [1.54, 1.807) is 0 Å². The van der Waals surface area contributed by atoms with Gasteiger partial charge in [0.25, 0.3) is 11.8 Å². The van der Waals surface area contributed by atoms with Gasteiger partial charge in [0.05, 0.1) is 13.2 Å². The van der Waals surface area contributed by atoms with E-state index < -0.39 is 72.1 Å². The summed E-state index contributed by atoms with van der Waals surface area (Å²) < 4.78 is 0. The molecule has 26 heavy (non-hydrogen) atoms. The Hall–Kier alpha value is -3.52. The van der Waals surface area contributed by atoms with Crippen molar-refractivity contribution in [1.29, 1.82) is 0 Å². The third kappa shape index (κ3) is 4.74. The molecule has 0 fully saturated rings. The van der Waals surface area contributed by atoms with Crippen molar-refractivity contribution < 1.29 is 39.6 Å². The number of aromatic nitrogens is 2. The number of anilines is 2. The first kappa shape index (κ1) is 20.5. The van der Waals surface area contributed by atoms with Crippen LogP contribution in [0.1, 0.15) is 21.0 Å². The van der Waals surface area contributed by atoms with Crippen LogP contribution in [0.3, 0.4) is 0 Å². The van der Waals surface area contributed by atoms with E-state index in [1.807, 2.05) is 10.6 Å². The van der Waals surface area contributed by atoms with Crippen LogP contribution in [0, 0.1) is 0 Å². The Balaban J connectivity index is 3.07. The van der Waals surface area contributed by atoms with Crippen LogP contribution in [0.25, 0.3) is 0 Å². The molecular formula is C12H16N6O8. The number of rotatable bonds is 8. The first-order valence-electron chi connectivity index (χ1n) is 6.84. The van der Waals surface area contributed by atoms with Gasteiger partial charge in [0.1, 0.15) is 0 Å². The van der Waals surface area contributed by atoms with E-state index in [4.69, 9.17) is 31.9 Å². The van der Waals surface area contributed by atoms with Gasteiger partial charge in [-0.05, 0) is 0 Å². The lowest BCUT2D eigenvalue weighted by atomic mass is 10.2. The Bertz CT molecular complexity index is 677. The smallest absolute Gasteiger partial charge is 0.328 e. The third-order valence-electron chi connectivity index (χ3n) is 2.95. The van der Waals surface area contributed by atoms with E-state index in [9.17, 15) is 19.2 Å². The molecule has 14 nitrogen and oxygen atoms in total. The quantitative estimate of drug-likeness (QED) is 0.217. The molecule has 2 amide bonds. The monoisotopic (exact) mass is 372 g/mol. The zero-order chi connectivity index (χ0) is 20.0. The lowest BCUT2D eigenvalue weighted by Gasteiger charge is -2.14. The fourth-order valence-corrected chi connectivity index (χ4v) is 1.62. The number of hydrogen-bond donors (Lipinski definition) is 8. The number of nitrogens with two attached hydrogens (primary N) is 2. The highest BCUT2D eigenvalue weighted by atomic mass is 16.4. The van der Waals surface area contributed by atoms with Crippen LogP contribution in [-0.2, 0) is 9.59 Å². The van der Waals surface area contributed by atoms with Gasteiger partial charge in [0.2, 0.25) is 0 Å². The minimum absolute atomic E-state index is 0.597. The van der Waals surface area contributed by atoms with E-state index in [2.05, 4.69) is 9.97 Å². The molecule has 0 aliphatic rings. The summed E-state index contributed by atoms with van der Waals surface area (Å²) in [6.07, 6.45) is 0. The standard InChI is InChI=1S/C12H16N6O8/c13-7-5(9(21)15-3(1-19)11(23)24)17-8(14)6(18-7)10(22)16-4(2-20)12(25)26/h3-4,19-20H,1-2H2,(H2,14,17)(H2,13,18)(H,15,21)(H,16,22)(H,23,24)(H,25,26)/t3-,4?/m0/s1. The summed E-state index contributed by atoms with van der Waals surface area (Å²) >= 11 is 0. The van der Waals surface area contributed by atoms with Crippen molar-refractivity contribution in [2.75, 3.05) is 24.7 Å². The highest BCUT2D eigenvalue weighted by Gasteiger charge is 2.26. The topological polar surface area (TPSA) is 251 Å². The summed E-state index contributed by atoms with van der Waals surface area (Å²) in [6, 6.07) is -3.26. The number of carboxylic acids is 2. The van der Waals surface area contributed by atoms with Crippen LogP contribution in [0.15, 0.2) is 0 Å². The van der Waals surface area contributed by atoms with Gasteiger partial charge in [-0.25, -0.2) is 19.6 Å². The molecule has 10 N–H and O–H groups in total. The van der Waals surface area contributed by atoms with Crippen molar-refractivity contribution in [2.24, 2.45) is 0 Å². The second-order valence-corrected chi connectivity index (χ2v) is 4.79. The molecule has 0 aromatic carbocycles. The van der Waals surface area contributed by atoms with Crippen molar-refractivity contribution in [3.05, 3.63) is 11.4 Å². The molecule has 1 heterocycles. The molecule has 1 unspecified atom stereocenters. The van der Waals surface area contributed by atoms with Gasteiger partial charge in [0, 0.05) is 0 Å². The van der Waals surface area contributed by atoms with Gasteiger partial charge in [0.15, 0.2) is 35.1 Å². The molecule has 0 spiro atoms. The molecule has 14 heteroatoms. The molecule has 1 aromatic heterocycles. The average Bonchev–Trinajstić information content (AvgIpc) is 2.57. The van der Waals surface area contributed by atoms with Gasteiger partial charge in [-0.3, -0.25) is 9.59 Å². The Morgan fingerprint density at radius 3 is 1.35 bits per heavy atom. The van der Waals surface area contributed by atoms with Gasteiger partial charge >= 0.3 is 11.9 Å². The summed E-state index contributed by atoms with van der Waals surface area (Å²) in [5.74, 6) is -6.46. The van der Waals surface area contributed by atoms with Gasteiger partial charge in [-0.1, -0.05) is 0 Å². The molecule has 0 aliphatic carbocycles. The number of nitrogens with zero attached hydrogens (tertiary/aromatic N) is 2. The first-order valence-corrected chi connectivity index (χ1v) is 6.84.